The molecule has 0 radical (unpaired) electrons. The number of fused-ring (bicyclic) bond motifs is 1. The van der Waals surface area contributed by atoms with Gasteiger partial charge in [0.1, 0.15) is 5.75 Å². The Kier molecular flexibility index (Phi) is 10.9. The maximum absolute atomic E-state index is 13.3. The van der Waals surface area contributed by atoms with E-state index in [0.717, 1.165) is 49.4 Å². The highest BCUT2D eigenvalue weighted by atomic mass is 19.3. The fourth-order valence-electron chi connectivity index (χ4n) is 5.65. The lowest BCUT2D eigenvalue weighted by Gasteiger charge is -2.51. The average molecular weight is 560 g/mol. The molecule has 1 aliphatic heterocycles. The molecular weight excluding hydrogens is 516 g/mol. The van der Waals surface area contributed by atoms with Crippen LogP contribution in [0.1, 0.15) is 61.0 Å². The number of benzene rings is 2. The van der Waals surface area contributed by atoms with Crippen molar-refractivity contribution in [2.75, 3.05) is 45.8 Å². The number of carboxylic acids is 1. The van der Waals surface area contributed by atoms with Crippen molar-refractivity contribution in [1.82, 2.24) is 9.88 Å². The molecule has 0 amide bonds. The Balaban J connectivity index is 0.000000236. The number of methoxy groups -OCH3 is 2. The lowest BCUT2D eigenvalue weighted by atomic mass is 9.61. The molecule has 0 atom stereocenters. The maximum atomic E-state index is 13.3. The van der Waals surface area contributed by atoms with Crippen LogP contribution in [0.3, 0.4) is 0 Å². The summed E-state index contributed by atoms with van der Waals surface area (Å²) in [5.41, 5.74) is 4.49. The quantitative estimate of drug-likeness (QED) is 0.259. The molecule has 40 heavy (non-hydrogen) atoms. The summed E-state index contributed by atoms with van der Waals surface area (Å²) in [5, 5.41) is 13.0. The number of nitrogens with zero attached hydrogens (tertiary/aromatic N) is 1. The molecule has 2 aromatic carbocycles. The Morgan fingerprint density at radius 1 is 1.12 bits per heavy atom. The van der Waals surface area contributed by atoms with Crippen molar-refractivity contribution in [2.45, 2.75) is 58.9 Å². The van der Waals surface area contributed by atoms with Gasteiger partial charge in [-0.05, 0) is 74.2 Å². The number of aryl methyl sites for hydroxylation is 1. The number of aromatic amines is 1. The first-order valence-electron chi connectivity index (χ1n) is 14.0. The van der Waals surface area contributed by atoms with Crippen molar-refractivity contribution >= 4 is 22.6 Å². The van der Waals surface area contributed by atoms with Crippen LogP contribution < -0.4 is 10.1 Å². The van der Waals surface area contributed by atoms with Crippen LogP contribution in [0, 0.1) is 12.3 Å². The number of anilines is 1. The summed E-state index contributed by atoms with van der Waals surface area (Å²) in [7, 11) is 3.33. The molecule has 1 aromatic heterocycles. The van der Waals surface area contributed by atoms with Crippen molar-refractivity contribution in [1.29, 1.82) is 0 Å². The summed E-state index contributed by atoms with van der Waals surface area (Å²) in [5.74, 6) is -2.42. The van der Waals surface area contributed by atoms with Crippen LogP contribution >= 0.6 is 0 Å². The highest BCUT2D eigenvalue weighted by Crippen LogP contribution is 2.57. The van der Waals surface area contributed by atoms with Gasteiger partial charge < -0.3 is 24.9 Å². The predicted octanol–water partition coefficient (Wildman–Crippen LogP) is 6.97. The predicted molar refractivity (Wildman–Crippen MR) is 156 cm³/mol. The Labute approximate surface area is 235 Å². The number of aromatic carboxylic acids is 1. The molecule has 3 aromatic rings. The molecule has 7 nitrogen and oxygen atoms in total. The number of halogens is 2. The maximum Gasteiger partial charge on any atom is 0.335 e. The van der Waals surface area contributed by atoms with Crippen molar-refractivity contribution in [3.63, 3.8) is 0 Å². The van der Waals surface area contributed by atoms with Gasteiger partial charge in [-0.15, -0.1) is 0 Å². The molecule has 2 aliphatic rings. The SMILES string of the molecule is CC.COCCNc1cccc(C(=O)O)c1.COc1cc(C)c2[nH]ccc2c1CN1CCC2(CC1)CC(F)(F)C2. The van der Waals surface area contributed by atoms with Crippen LogP contribution in [0.5, 0.6) is 5.75 Å². The number of carbonyl (C=O) groups is 1. The van der Waals surface area contributed by atoms with Crippen molar-refractivity contribution < 1.29 is 28.2 Å². The van der Waals surface area contributed by atoms with E-state index in [-0.39, 0.29) is 23.8 Å². The second-order valence-electron chi connectivity index (χ2n) is 10.4. The molecule has 1 aliphatic carbocycles. The van der Waals surface area contributed by atoms with E-state index in [0.29, 0.717) is 13.2 Å². The van der Waals surface area contributed by atoms with Gasteiger partial charge >= 0.3 is 5.97 Å². The normalized spacial score (nSPS) is 17.2. The number of H-pyrrole nitrogens is 1. The number of aromatic nitrogens is 1. The Morgan fingerprint density at radius 3 is 2.42 bits per heavy atom. The molecule has 1 spiro atoms. The molecule has 220 valence electrons. The topological polar surface area (TPSA) is 86.8 Å². The number of hydrogen-bond acceptors (Lipinski definition) is 5. The van der Waals surface area contributed by atoms with E-state index in [1.165, 1.54) is 16.5 Å². The number of nitrogens with one attached hydrogen (secondary N) is 2. The fraction of sp³-hybridized carbons (Fsp3) is 0.516. The molecular formula is C31H43F2N3O4. The van der Waals surface area contributed by atoms with Gasteiger partial charge in [-0.2, -0.15) is 0 Å². The number of rotatable bonds is 8. The first-order chi connectivity index (χ1) is 19.1. The number of carboxylic acid groups (broad SMARTS) is 1. The van der Waals surface area contributed by atoms with E-state index >= 15 is 0 Å². The van der Waals surface area contributed by atoms with E-state index in [9.17, 15) is 13.6 Å². The van der Waals surface area contributed by atoms with Gasteiger partial charge in [0.05, 0.1) is 19.3 Å². The summed E-state index contributed by atoms with van der Waals surface area (Å²) in [6, 6.07) is 10.9. The minimum Gasteiger partial charge on any atom is -0.496 e. The van der Waals surface area contributed by atoms with Gasteiger partial charge in [0.25, 0.3) is 0 Å². The second kappa shape index (κ2) is 13.9. The van der Waals surface area contributed by atoms with Crippen LogP contribution in [-0.4, -0.2) is 67.3 Å². The van der Waals surface area contributed by atoms with E-state index < -0.39 is 11.9 Å². The van der Waals surface area contributed by atoms with Gasteiger partial charge in [0, 0.05) is 61.4 Å². The monoisotopic (exact) mass is 559 g/mol. The highest BCUT2D eigenvalue weighted by molar-refractivity contribution is 5.89. The smallest absolute Gasteiger partial charge is 0.335 e. The van der Waals surface area contributed by atoms with Crippen LogP contribution in [-0.2, 0) is 11.3 Å². The number of likely N-dealkylation sites (tertiary alicyclic amines) is 1. The van der Waals surface area contributed by atoms with Crippen LogP contribution in [0.4, 0.5) is 14.5 Å². The number of alkyl halides is 2. The van der Waals surface area contributed by atoms with E-state index in [4.69, 9.17) is 14.6 Å². The molecule has 0 unspecified atom stereocenters. The Bertz CT molecular complexity index is 1240. The lowest BCUT2D eigenvalue weighted by Crippen LogP contribution is -2.52. The van der Waals surface area contributed by atoms with Gasteiger partial charge in [-0.3, -0.25) is 4.90 Å². The molecule has 2 fully saturated rings. The van der Waals surface area contributed by atoms with Gasteiger partial charge in [0.15, 0.2) is 0 Å². The first-order valence-corrected chi connectivity index (χ1v) is 14.0. The first kappa shape index (κ1) is 31.4. The third-order valence-corrected chi connectivity index (χ3v) is 7.64. The number of piperidine rings is 1. The molecule has 3 N–H and O–H groups in total. The van der Waals surface area contributed by atoms with E-state index in [1.54, 1.807) is 32.4 Å². The zero-order chi connectivity index (χ0) is 29.3. The van der Waals surface area contributed by atoms with Crippen LogP contribution in [0.2, 0.25) is 0 Å². The average Bonchev–Trinajstić information content (AvgIpc) is 3.43. The Morgan fingerprint density at radius 2 is 1.82 bits per heavy atom. The van der Waals surface area contributed by atoms with Crippen molar-refractivity contribution in [3.8, 4) is 5.75 Å². The largest absolute Gasteiger partial charge is 0.496 e. The second-order valence-corrected chi connectivity index (χ2v) is 10.4. The number of ether oxygens (including phenoxy) is 2. The lowest BCUT2D eigenvalue weighted by molar-refractivity contribution is -0.178. The summed E-state index contributed by atoms with van der Waals surface area (Å²) in [6.45, 7) is 9.92. The van der Waals surface area contributed by atoms with Gasteiger partial charge in [-0.25, -0.2) is 13.6 Å². The van der Waals surface area contributed by atoms with Gasteiger partial charge in [0.2, 0.25) is 5.92 Å². The fourth-order valence-corrected chi connectivity index (χ4v) is 5.65. The number of hydrogen-bond donors (Lipinski definition) is 3. The zero-order valence-electron chi connectivity index (χ0n) is 24.3. The Hall–Kier alpha value is -3.17. The molecule has 9 heteroatoms. The molecule has 0 bridgehead atoms. The highest BCUT2D eigenvalue weighted by Gasteiger charge is 2.56. The minimum atomic E-state index is -2.42. The minimum absolute atomic E-state index is 0.0871. The summed E-state index contributed by atoms with van der Waals surface area (Å²) >= 11 is 0. The van der Waals surface area contributed by atoms with E-state index in [2.05, 4.69) is 34.3 Å². The summed E-state index contributed by atoms with van der Waals surface area (Å²) < 4.78 is 37.0. The van der Waals surface area contributed by atoms with Crippen molar-refractivity contribution in [3.05, 3.63) is 59.3 Å². The summed E-state index contributed by atoms with van der Waals surface area (Å²) in [4.78, 5) is 16.3. The third kappa shape index (κ3) is 7.73. The van der Waals surface area contributed by atoms with Crippen LogP contribution in [0.25, 0.3) is 10.9 Å². The van der Waals surface area contributed by atoms with Crippen molar-refractivity contribution in [2.24, 2.45) is 5.41 Å². The molecule has 2 heterocycles. The van der Waals surface area contributed by atoms with Gasteiger partial charge in [-0.1, -0.05) is 19.9 Å². The molecule has 1 saturated carbocycles. The molecule has 1 saturated heterocycles. The van der Waals surface area contributed by atoms with E-state index in [1.807, 2.05) is 26.1 Å². The molecule has 5 rings (SSSR count). The van der Waals surface area contributed by atoms with Crippen LogP contribution in [0.15, 0.2) is 42.6 Å². The summed E-state index contributed by atoms with van der Waals surface area (Å²) in [6.07, 6.45) is 3.90. The standard InChI is InChI=1S/C19H24F2N2O.C10H13NO3.C2H6/c1-13-9-16(24-2)15(14-3-6-22-17(13)14)10-23-7-4-18(5-8-23)11-19(20,21)12-18;1-14-6-5-11-9-4-2-3-8(7-9)10(12)13;1-2/h3,6,9,22H,4-5,7-8,10-12H2,1-2H3;2-4,7,11H,5-6H2,1H3,(H,12,13);1-2H3. The zero-order valence-corrected chi connectivity index (χ0v) is 24.3. The third-order valence-electron chi connectivity index (χ3n) is 7.64.